The van der Waals surface area contributed by atoms with E-state index in [9.17, 15) is 5.11 Å². The Hall–Kier alpha value is -1.10. The minimum absolute atomic E-state index is 0.308. The fraction of sp³-hybridized carbons (Fsp3) is 0.538. The number of hydrogen-bond acceptors (Lipinski definition) is 4. The smallest absolute Gasteiger partial charge is 0.0917 e. The number of nitrogens with two attached hydrogens (primary N) is 1. The van der Waals surface area contributed by atoms with E-state index in [2.05, 4.69) is 4.90 Å². The van der Waals surface area contributed by atoms with E-state index >= 15 is 0 Å². The van der Waals surface area contributed by atoms with Gasteiger partial charge in [0, 0.05) is 32.4 Å². The number of β-amino-alcohol motifs (C(OH)–C–C–N with tert-alkyl or cyclic N) is 1. The summed E-state index contributed by atoms with van der Waals surface area (Å²) in [5.74, 6) is 0. The van der Waals surface area contributed by atoms with Gasteiger partial charge in [-0.05, 0) is 24.1 Å². The van der Waals surface area contributed by atoms with Gasteiger partial charge in [-0.3, -0.25) is 4.90 Å². The number of methoxy groups -OCH3 is 1. The molecule has 0 bridgehead atoms. The summed E-state index contributed by atoms with van der Waals surface area (Å²) in [7, 11) is 1.74. The summed E-state index contributed by atoms with van der Waals surface area (Å²) in [6.45, 7) is 2.52. The SMILES string of the molecule is COC1CCN(CC(O)c2cccc(N)c2)C1. The van der Waals surface area contributed by atoms with Crippen LogP contribution in [0.25, 0.3) is 0 Å². The van der Waals surface area contributed by atoms with Crippen LogP contribution in [0, 0.1) is 0 Å². The molecule has 1 fully saturated rings. The highest BCUT2D eigenvalue weighted by Crippen LogP contribution is 2.20. The summed E-state index contributed by atoms with van der Waals surface area (Å²) in [6, 6.07) is 7.43. The molecule has 3 N–H and O–H groups in total. The highest BCUT2D eigenvalue weighted by molar-refractivity contribution is 5.41. The lowest BCUT2D eigenvalue weighted by atomic mass is 10.1. The van der Waals surface area contributed by atoms with Crippen molar-refractivity contribution in [3.8, 4) is 0 Å². The van der Waals surface area contributed by atoms with E-state index in [0.29, 0.717) is 18.3 Å². The molecule has 17 heavy (non-hydrogen) atoms. The Morgan fingerprint density at radius 2 is 2.41 bits per heavy atom. The van der Waals surface area contributed by atoms with Gasteiger partial charge in [-0.25, -0.2) is 0 Å². The van der Waals surface area contributed by atoms with E-state index in [1.54, 1.807) is 7.11 Å². The maximum Gasteiger partial charge on any atom is 0.0917 e. The van der Waals surface area contributed by atoms with Crippen molar-refractivity contribution in [1.29, 1.82) is 0 Å². The maximum atomic E-state index is 10.1. The van der Waals surface area contributed by atoms with Gasteiger partial charge >= 0.3 is 0 Å². The summed E-state index contributed by atoms with van der Waals surface area (Å²) in [5, 5.41) is 10.1. The molecule has 1 aliphatic rings. The van der Waals surface area contributed by atoms with Gasteiger partial charge in [-0.15, -0.1) is 0 Å². The first-order valence-corrected chi connectivity index (χ1v) is 5.97. The molecule has 1 aliphatic heterocycles. The molecule has 2 rings (SSSR count). The molecule has 2 atom stereocenters. The first kappa shape index (κ1) is 12.4. The number of rotatable bonds is 4. The lowest BCUT2D eigenvalue weighted by Gasteiger charge is -2.20. The molecule has 0 spiro atoms. The lowest BCUT2D eigenvalue weighted by molar-refractivity contribution is 0.0898. The van der Waals surface area contributed by atoms with Crippen LogP contribution in [0.5, 0.6) is 0 Å². The molecule has 0 saturated carbocycles. The number of likely N-dealkylation sites (tertiary alicyclic amines) is 1. The molecule has 1 aromatic carbocycles. The van der Waals surface area contributed by atoms with Gasteiger partial charge in [0.2, 0.25) is 0 Å². The average Bonchev–Trinajstić information content (AvgIpc) is 2.77. The predicted molar refractivity (Wildman–Crippen MR) is 67.7 cm³/mol. The number of aliphatic hydroxyl groups excluding tert-OH is 1. The van der Waals surface area contributed by atoms with Gasteiger partial charge in [0.1, 0.15) is 0 Å². The molecule has 0 radical (unpaired) electrons. The van der Waals surface area contributed by atoms with Crippen LogP contribution in [0.4, 0.5) is 5.69 Å². The molecular formula is C13H20N2O2. The number of benzene rings is 1. The van der Waals surface area contributed by atoms with Gasteiger partial charge < -0.3 is 15.6 Å². The minimum Gasteiger partial charge on any atom is -0.399 e. The van der Waals surface area contributed by atoms with Crippen molar-refractivity contribution in [2.24, 2.45) is 0 Å². The van der Waals surface area contributed by atoms with Gasteiger partial charge in [-0.1, -0.05) is 12.1 Å². The molecule has 0 amide bonds. The van der Waals surface area contributed by atoms with Crippen LogP contribution in [0.3, 0.4) is 0 Å². The second kappa shape index (κ2) is 5.49. The molecule has 1 heterocycles. The Labute approximate surface area is 102 Å². The van der Waals surface area contributed by atoms with Gasteiger partial charge in [0.05, 0.1) is 12.2 Å². The number of aliphatic hydroxyl groups is 1. The Morgan fingerprint density at radius 1 is 1.59 bits per heavy atom. The van der Waals surface area contributed by atoms with Crippen molar-refractivity contribution in [2.75, 3.05) is 32.5 Å². The number of nitrogens with zero attached hydrogens (tertiary/aromatic N) is 1. The van der Waals surface area contributed by atoms with Crippen molar-refractivity contribution >= 4 is 5.69 Å². The largest absolute Gasteiger partial charge is 0.399 e. The fourth-order valence-electron chi connectivity index (χ4n) is 2.27. The number of nitrogen functional groups attached to an aromatic ring is 1. The van der Waals surface area contributed by atoms with E-state index in [1.165, 1.54) is 0 Å². The topological polar surface area (TPSA) is 58.7 Å². The van der Waals surface area contributed by atoms with Gasteiger partial charge in [-0.2, -0.15) is 0 Å². The summed E-state index contributed by atoms with van der Waals surface area (Å²) >= 11 is 0. The number of ether oxygens (including phenoxy) is 1. The zero-order valence-electron chi connectivity index (χ0n) is 10.2. The second-order valence-electron chi connectivity index (χ2n) is 4.59. The molecule has 1 saturated heterocycles. The third kappa shape index (κ3) is 3.19. The fourth-order valence-corrected chi connectivity index (χ4v) is 2.27. The molecule has 0 aromatic heterocycles. The zero-order chi connectivity index (χ0) is 12.3. The molecule has 4 heteroatoms. The first-order valence-electron chi connectivity index (χ1n) is 5.97. The first-order chi connectivity index (χ1) is 8.19. The van der Waals surface area contributed by atoms with Gasteiger partial charge in [0.25, 0.3) is 0 Å². The monoisotopic (exact) mass is 236 g/mol. The molecule has 0 aliphatic carbocycles. The van der Waals surface area contributed by atoms with Crippen LogP contribution in [-0.2, 0) is 4.74 Å². The molecule has 1 aromatic rings. The minimum atomic E-state index is -0.478. The van der Waals surface area contributed by atoms with Crippen molar-refractivity contribution < 1.29 is 9.84 Å². The van der Waals surface area contributed by atoms with Crippen LogP contribution >= 0.6 is 0 Å². The molecular weight excluding hydrogens is 216 g/mol. The second-order valence-corrected chi connectivity index (χ2v) is 4.59. The third-order valence-corrected chi connectivity index (χ3v) is 3.29. The van der Waals surface area contributed by atoms with E-state index in [0.717, 1.165) is 25.1 Å². The summed E-state index contributed by atoms with van der Waals surface area (Å²) in [4.78, 5) is 2.22. The highest BCUT2D eigenvalue weighted by Gasteiger charge is 2.24. The van der Waals surface area contributed by atoms with E-state index in [-0.39, 0.29) is 0 Å². The van der Waals surface area contributed by atoms with E-state index in [4.69, 9.17) is 10.5 Å². The van der Waals surface area contributed by atoms with Crippen LogP contribution in [-0.4, -0.2) is 42.9 Å². The Morgan fingerprint density at radius 3 is 3.06 bits per heavy atom. The molecule has 2 unspecified atom stereocenters. The Balaban J connectivity index is 1.91. The van der Waals surface area contributed by atoms with Crippen LogP contribution < -0.4 is 5.73 Å². The van der Waals surface area contributed by atoms with E-state index in [1.807, 2.05) is 24.3 Å². The van der Waals surface area contributed by atoms with Crippen molar-refractivity contribution in [3.05, 3.63) is 29.8 Å². The molecule has 94 valence electrons. The van der Waals surface area contributed by atoms with E-state index < -0.39 is 6.10 Å². The normalized spacial score (nSPS) is 22.8. The Kier molecular flexibility index (Phi) is 3.99. The van der Waals surface area contributed by atoms with Crippen LogP contribution in [0.2, 0.25) is 0 Å². The zero-order valence-corrected chi connectivity index (χ0v) is 10.2. The summed E-state index contributed by atoms with van der Waals surface area (Å²) in [6.07, 6.45) is 0.873. The third-order valence-electron chi connectivity index (χ3n) is 3.29. The number of hydrogen-bond donors (Lipinski definition) is 2. The Bertz CT molecular complexity index is 370. The number of anilines is 1. The standard InChI is InChI=1S/C13H20N2O2/c1-17-12-5-6-15(8-12)9-13(16)10-3-2-4-11(14)7-10/h2-4,7,12-13,16H,5-6,8-9,14H2,1H3. The average molecular weight is 236 g/mol. The summed E-state index contributed by atoms with van der Waals surface area (Å²) in [5.41, 5.74) is 7.28. The van der Waals surface area contributed by atoms with Crippen molar-refractivity contribution in [2.45, 2.75) is 18.6 Å². The van der Waals surface area contributed by atoms with Crippen molar-refractivity contribution in [1.82, 2.24) is 4.90 Å². The summed E-state index contributed by atoms with van der Waals surface area (Å²) < 4.78 is 5.30. The predicted octanol–water partition coefficient (Wildman–Crippen LogP) is 1.02. The van der Waals surface area contributed by atoms with Crippen LogP contribution in [0.15, 0.2) is 24.3 Å². The highest BCUT2D eigenvalue weighted by atomic mass is 16.5. The van der Waals surface area contributed by atoms with Crippen molar-refractivity contribution in [3.63, 3.8) is 0 Å². The maximum absolute atomic E-state index is 10.1. The van der Waals surface area contributed by atoms with Crippen LogP contribution in [0.1, 0.15) is 18.1 Å². The van der Waals surface area contributed by atoms with Gasteiger partial charge in [0.15, 0.2) is 0 Å². The quantitative estimate of drug-likeness (QED) is 0.766. The lowest BCUT2D eigenvalue weighted by Crippen LogP contribution is -2.27. The molecule has 4 nitrogen and oxygen atoms in total.